The van der Waals surface area contributed by atoms with Gasteiger partial charge in [-0.25, -0.2) is 0 Å². The second-order valence-electron chi connectivity index (χ2n) is 6.78. The minimum atomic E-state index is -0.432. The predicted octanol–water partition coefficient (Wildman–Crippen LogP) is 1.97. The van der Waals surface area contributed by atoms with Crippen molar-refractivity contribution in [3.8, 4) is 6.07 Å². The van der Waals surface area contributed by atoms with Gasteiger partial charge >= 0.3 is 7.12 Å². The van der Waals surface area contributed by atoms with Crippen molar-refractivity contribution in [3.05, 3.63) is 29.3 Å². The van der Waals surface area contributed by atoms with Gasteiger partial charge in [-0.05, 0) is 50.9 Å². The lowest BCUT2D eigenvalue weighted by molar-refractivity contribution is 0.00578. The molecule has 2 aliphatic heterocycles. The summed E-state index contributed by atoms with van der Waals surface area (Å²) in [6, 6.07) is 7.93. The third kappa shape index (κ3) is 2.38. The average molecular weight is 285 g/mol. The van der Waals surface area contributed by atoms with Crippen molar-refractivity contribution in [1.82, 2.24) is 0 Å². The summed E-state index contributed by atoms with van der Waals surface area (Å²) in [7, 11) is -0.432. The zero-order valence-electron chi connectivity index (χ0n) is 13.0. The van der Waals surface area contributed by atoms with Crippen molar-refractivity contribution in [3.63, 3.8) is 0 Å². The summed E-state index contributed by atoms with van der Waals surface area (Å²) in [6.07, 6.45) is 0. The maximum absolute atomic E-state index is 9.15. The number of ether oxygens (including phenoxy) is 1. The Labute approximate surface area is 126 Å². The van der Waals surface area contributed by atoms with Gasteiger partial charge in [0.25, 0.3) is 0 Å². The Balaban J connectivity index is 1.99. The second-order valence-corrected chi connectivity index (χ2v) is 6.78. The molecule has 1 aromatic carbocycles. The molecule has 0 atom stereocenters. The Hall–Kier alpha value is -1.35. The van der Waals surface area contributed by atoms with Crippen LogP contribution in [0.4, 0.5) is 0 Å². The predicted molar refractivity (Wildman–Crippen MR) is 80.4 cm³/mol. The molecule has 0 saturated carbocycles. The molecule has 0 spiro atoms. The Bertz CT molecular complexity index is 586. The van der Waals surface area contributed by atoms with E-state index in [0.29, 0.717) is 11.5 Å². The number of hydrogen-bond donors (Lipinski definition) is 0. The minimum Gasteiger partial charge on any atom is -0.399 e. The van der Waals surface area contributed by atoms with Crippen LogP contribution in [-0.4, -0.2) is 31.5 Å². The first kappa shape index (κ1) is 14.6. The molecular formula is C16H20BNO3. The van der Waals surface area contributed by atoms with Crippen molar-refractivity contribution >= 4 is 12.6 Å². The highest BCUT2D eigenvalue weighted by atomic mass is 16.7. The molecular weight excluding hydrogens is 265 g/mol. The Morgan fingerprint density at radius 3 is 2.24 bits per heavy atom. The van der Waals surface area contributed by atoms with Gasteiger partial charge in [-0.1, -0.05) is 6.07 Å². The zero-order chi connectivity index (χ0) is 15.3. The van der Waals surface area contributed by atoms with Crippen LogP contribution in [0.15, 0.2) is 18.2 Å². The maximum atomic E-state index is 9.15. The second kappa shape index (κ2) is 4.84. The van der Waals surface area contributed by atoms with Crippen LogP contribution in [0.25, 0.3) is 0 Å². The molecule has 0 amide bonds. The van der Waals surface area contributed by atoms with Gasteiger partial charge in [0.05, 0.1) is 36.0 Å². The summed E-state index contributed by atoms with van der Waals surface area (Å²) in [4.78, 5) is 0. The van der Waals surface area contributed by atoms with E-state index < -0.39 is 7.12 Å². The van der Waals surface area contributed by atoms with E-state index in [-0.39, 0.29) is 11.2 Å². The fraction of sp³-hybridized carbons (Fsp3) is 0.562. The van der Waals surface area contributed by atoms with E-state index in [1.165, 1.54) is 5.56 Å². The fourth-order valence-electron chi connectivity index (χ4n) is 2.61. The van der Waals surface area contributed by atoms with Crippen LogP contribution in [0.5, 0.6) is 0 Å². The third-order valence-corrected chi connectivity index (χ3v) is 4.80. The molecule has 0 aliphatic carbocycles. The Kier molecular flexibility index (Phi) is 3.36. The van der Waals surface area contributed by atoms with Gasteiger partial charge in [0, 0.05) is 5.92 Å². The molecule has 1 aromatic rings. The van der Waals surface area contributed by atoms with Gasteiger partial charge in [-0.2, -0.15) is 5.26 Å². The van der Waals surface area contributed by atoms with E-state index in [4.69, 9.17) is 19.3 Å². The molecule has 21 heavy (non-hydrogen) atoms. The SMILES string of the molecule is CC1(C)OB(c2cc(C#N)ccc2C2COC2)OC1(C)C. The van der Waals surface area contributed by atoms with Gasteiger partial charge in [0.15, 0.2) is 0 Å². The third-order valence-electron chi connectivity index (χ3n) is 4.80. The Morgan fingerprint density at radius 2 is 1.76 bits per heavy atom. The smallest absolute Gasteiger partial charge is 0.399 e. The van der Waals surface area contributed by atoms with Gasteiger partial charge in [-0.15, -0.1) is 0 Å². The molecule has 0 unspecified atom stereocenters. The summed E-state index contributed by atoms with van der Waals surface area (Å²) in [5.74, 6) is 0.367. The Morgan fingerprint density at radius 1 is 1.14 bits per heavy atom. The average Bonchev–Trinajstić information content (AvgIpc) is 2.57. The number of benzene rings is 1. The van der Waals surface area contributed by atoms with E-state index in [9.17, 15) is 0 Å². The molecule has 2 fully saturated rings. The molecule has 110 valence electrons. The van der Waals surface area contributed by atoms with Crippen LogP contribution < -0.4 is 5.46 Å². The van der Waals surface area contributed by atoms with E-state index >= 15 is 0 Å². The van der Waals surface area contributed by atoms with E-state index in [1.807, 2.05) is 45.9 Å². The molecule has 2 heterocycles. The van der Waals surface area contributed by atoms with Crippen molar-refractivity contribution in [2.24, 2.45) is 0 Å². The number of rotatable bonds is 2. The van der Waals surface area contributed by atoms with Crippen LogP contribution in [-0.2, 0) is 14.0 Å². The van der Waals surface area contributed by atoms with Crippen LogP contribution in [0.3, 0.4) is 0 Å². The lowest BCUT2D eigenvalue weighted by atomic mass is 9.72. The maximum Gasteiger partial charge on any atom is 0.495 e. The number of hydrogen-bond acceptors (Lipinski definition) is 4. The molecule has 0 N–H and O–H groups in total. The monoisotopic (exact) mass is 285 g/mol. The van der Waals surface area contributed by atoms with Gasteiger partial charge in [0.2, 0.25) is 0 Å². The fourth-order valence-corrected chi connectivity index (χ4v) is 2.61. The molecule has 0 radical (unpaired) electrons. The lowest BCUT2D eigenvalue weighted by Crippen LogP contribution is -2.41. The molecule has 0 aromatic heterocycles. The van der Waals surface area contributed by atoms with Crippen LogP contribution in [0, 0.1) is 11.3 Å². The number of nitriles is 1. The van der Waals surface area contributed by atoms with Crippen LogP contribution in [0.1, 0.15) is 44.7 Å². The van der Waals surface area contributed by atoms with Crippen molar-refractivity contribution in [1.29, 1.82) is 5.26 Å². The van der Waals surface area contributed by atoms with Gasteiger partial charge in [-0.3, -0.25) is 0 Å². The van der Waals surface area contributed by atoms with Crippen LogP contribution in [0.2, 0.25) is 0 Å². The highest BCUT2D eigenvalue weighted by Gasteiger charge is 2.52. The highest BCUT2D eigenvalue weighted by Crippen LogP contribution is 2.37. The normalized spacial score (nSPS) is 23.7. The molecule has 2 saturated heterocycles. The molecule has 0 bridgehead atoms. The van der Waals surface area contributed by atoms with Crippen molar-refractivity contribution in [2.45, 2.75) is 44.8 Å². The standard InChI is InChI=1S/C16H20BNO3/c1-15(2)16(3,4)21-17(20-15)14-7-11(8-18)5-6-13(14)12-9-19-10-12/h5-7,12H,9-10H2,1-4H3. The largest absolute Gasteiger partial charge is 0.495 e. The number of nitrogens with zero attached hydrogens (tertiary/aromatic N) is 1. The lowest BCUT2D eigenvalue weighted by Gasteiger charge is -2.32. The van der Waals surface area contributed by atoms with Gasteiger partial charge in [0.1, 0.15) is 0 Å². The molecule has 4 nitrogen and oxygen atoms in total. The van der Waals surface area contributed by atoms with Crippen molar-refractivity contribution < 1.29 is 14.0 Å². The van der Waals surface area contributed by atoms with Crippen LogP contribution >= 0.6 is 0 Å². The quantitative estimate of drug-likeness (QED) is 0.780. The van der Waals surface area contributed by atoms with E-state index in [1.54, 1.807) is 0 Å². The topological polar surface area (TPSA) is 51.5 Å². The van der Waals surface area contributed by atoms with E-state index in [0.717, 1.165) is 18.7 Å². The first-order valence-electron chi connectivity index (χ1n) is 7.31. The first-order valence-corrected chi connectivity index (χ1v) is 7.31. The molecule has 2 aliphatic rings. The summed E-state index contributed by atoms with van der Waals surface area (Å²) >= 11 is 0. The molecule has 5 heteroatoms. The first-order chi connectivity index (χ1) is 9.84. The molecule has 3 rings (SSSR count). The summed E-state index contributed by atoms with van der Waals surface area (Å²) in [6.45, 7) is 9.58. The summed E-state index contributed by atoms with van der Waals surface area (Å²) in [5, 5.41) is 9.15. The van der Waals surface area contributed by atoms with Gasteiger partial charge < -0.3 is 14.0 Å². The summed E-state index contributed by atoms with van der Waals surface area (Å²) in [5.41, 5.74) is 1.99. The summed E-state index contributed by atoms with van der Waals surface area (Å²) < 4.78 is 17.6. The minimum absolute atomic E-state index is 0.367. The highest BCUT2D eigenvalue weighted by molar-refractivity contribution is 6.62. The zero-order valence-corrected chi connectivity index (χ0v) is 13.0. The van der Waals surface area contributed by atoms with Crippen molar-refractivity contribution in [2.75, 3.05) is 13.2 Å². The van der Waals surface area contributed by atoms with E-state index in [2.05, 4.69) is 6.07 Å².